The van der Waals surface area contributed by atoms with Gasteiger partial charge in [0.05, 0.1) is 11.4 Å². The predicted molar refractivity (Wildman–Crippen MR) is 106 cm³/mol. The van der Waals surface area contributed by atoms with Crippen molar-refractivity contribution in [1.82, 2.24) is 19.9 Å². The summed E-state index contributed by atoms with van der Waals surface area (Å²) in [5, 5.41) is 10.4. The van der Waals surface area contributed by atoms with Crippen molar-refractivity contribution in [2.75, 3.05) is 20.1 Å². The van der Waals surface area contributed by atoms with E-state index in [1.165, 1.54) is 6.42 Å². The third-order valence-electron chi connectivity index (χ3n) is 5.00. The molecule has 1 saturated heterocycles. The van der Waals surface area contributed by atoms with E-state index in [1.54, 1.807) is 6.07 Å². The van der Waals surface area contributed by atoms with Gasteiger partial charge in [-0.25, -0.2) is 9.97 Å². The van der Waals surface area contributed by atoms with Crippen LogP contribution in [0.25, 0.3) is 22.4 Å². The smallest absolute Gasteiger partial charge is 0.179 e. The molecule has 26 heavy (non-hydrogen) atoms. The van der Waals surface area contributed by atoms with Crippen LogP contribution in [0.2, 0.25) is 0 Å². The first kappa shape index (κ1) is 17.4. The summed E-state index contributed by atoms with van der Waals surface area (Å²) in [6.45, 7) is 4.11. The number of piperidine rings is 1. The molecular weight excluding hydrogens is 392 g/mol. The maximum Gasteiger partial charge on any atom is 0.179 e. The highest BCUT2D eigenvalue weighted by Crippen LogP contribution is 2.35. The lowest BCUT2D eigenvalue weighted by atomic mass is 9.95. The lowest BCUT2D eigenvalue weighted by Gasteiger charge is -2.29. The molecule has 0 bridgehead atoms. The van der Waals surface area contributed by atoms with E-state index in [2.05, 4.69) is 32.9 Å². The predicted octanol–water partition coefficient (Wildman–Crippen LogP) is 4.28. The van der Waals surface area contributed by atoms with E-state index in [-0.39, 0.29) is 5.75 Å². The van der Waals surface area contributed by atoms with Crippen molar-refractivity contribution >= 4 is 27.1 Å². The number of aromatic hydroxyl groups is 1. The summed E-state index contributed by atoms with van der Waals surface area (Å²) in [7, 11) is 2.15. The molecule has 0 radical (unpaired) electrons. The summed E-state index contributed by atoms with van der Waals surface area (Å²) in [6.07, 6.45) is 4.20. The number of fused-ring (bicyclic) bond motifs is 1. The molecule has 1 aliphatic heterocycles. The zero-order valence-corrected chi connectivity index (χ0v) is 16.5. The third kappa shape index (κ3) is 3.31. The second-order valence-electron chi connectivity index (χ2n) is 7.05. The van der Waals surface area contributed by atoms with Crippen molar-refractivity contribution < 1.29 is 5.11 Å². The fraction of sp³-hybridized carbons (Fsp3) is 0.350. The minimum atomic E-state index is 0.210. The fourth-order valence-corrected chi connectivity index (χ4v) is 4.27. The fourth-order valence-electron chi connectivity index (χ4n) is 3.71. The molecule has 0 spiro atoms. The van der Waals surface area contributed by atoms with Crippen molar-refractivity contribution in [3.63, 3.8) is 0 Å². The molecule has 5 nitrogen and oxygen atoms in total. The van der Waals surface area contributed by atoms with Crippen LogP contribution in [0.15, 0.2) is 34.9 Å². The zero-order chi connectivity index (χ0) is 18.3. The Morgan fingerprint density at radius 2 is 2.08 bits per heavy atom. The van der Waals surface area contributed by atoms with Crippen LogP contribution in [-0.4, -0.2) is 45.1 Å². The summed E-state index contributed by atoms with van der Waals surface area (Å²) in [5.74, 6) is 0.612. The Morgan fingerprint density at radius 1 is 1.23 bits per heavy atom. The average Bonchev–Trinajstić information content (AvgIpc) is 2.60. The van der Waals surface area contributed by atoms with Crippen molar-refractivity contribution in [3.8, 4) is 17.0 Å². The van der Waals surface area contributed by atoms with Gasteiger partial charge in [0.15, 0.2) is 5.65 Å². The number of hydrogen-bond donors (Lipinski definition) is 1. The van der Waals surface area contributed by atoms with E-state index < -0.39 is 0 Å². The van der Waals surface area contributed by atoms with E-state index in [0.717, 1.165) is 46.3 Å². The molecule has 134 valence electrons. The van der Waals surface area contributed by atoms with Crippen molar-refractivity contribution in [1.29, 1.82) is 0 Å². The van der Waals surface area contributed by atoms with Crippen LogP contribution in [0.4, 0.5) is 0 Å². The number of aryl methyl sites for hydroxylation is 1. The molecule has 4 rings (SSSR count). The minimum absolute atomic E-state index is 0.210. The number of phenols is 1. The van der Waals surface area contributed by atoms with E-state index in [4.69, 9.17) is 9.97 Å². The summed E-state index contributed by atoms with van der Waals surface area (Å²) in [6, 6.07) is 7.47. The second-order valence-corrected chi connectivity index (χ2v) is 7.97. The Kier molecular flexibility index (Phi) is 4.63. The van der Waals surface area contributed by atoms with Crippen LogP contribution < -0.4 is 0 Å². The van der Waals surface area contributed by atoms with Gasteiger partial charge >= 0.3 is 0 Å². The SMILES string of the molecule is Cc1cc(Br)cc(O)c1-c1ccc2ncc(C3CCCN(C)C3)nc2n1. The van der Waals surface area contributed by atoms with E-state index in [1.807, 2.05) is 31.3 Å². The van der Waals surface area contributed by atoms with Crippen LogP contribution in [0.3, 0.4) is 0 Å². The van der Waals surface area contributed by atoms with Gasteiger partial charge in [0.25, 0.3) is 0 Å². The topological polar surface area (TPSA) is 62.1 Å². The molecule has 3 heterocycles. The minimum Gasteiger partial charge on any atom is -0.507 e. The first-order valence-corrected chi connectivity index (χ1v) is 9.62. The van der Waals surface area contributed by atoms with Gasteiger partial charge in [-0.3, -0.25) is 4.98 Å². The van der Waals surface area contributed by atoms with E-state index in [9.17, 15) is 5.11 Å². The molecule has 1 unspecified atom stereocenters. The van der Waals surface area contributed by atoms with Crippen molar-refractivity contribution in [3.05, 3.63) is 46.2 Å². The van der Waals surface area contributed by atoms with Gasteiger partial charge in [0.1, 0.15) is 11.3 Å². The van der Waals surface area contributed by atoms with Gasteiger partial charge in [-0.15, -0.1) is 0 Å². The summed E-state index contributed by atoms with van der Waals surface area (Å²) < 4.78 is 0.848. The molecule has 1 aliphatic rings. The number of likely N-dealkylation sites (N-methyl/N-ethyl adjacent to an activating group) is 1. The Labute approximate surface area is 161 Å². The lowest BCUT2D eigenvalue weighted by Crippen LogP contribution is -2.31. The quantitative estimate of drug-likeness (QED) is 0.680. The van der Waals surface area contributed by atoms with Crippen LogP contribution >= 0.6 is 15.9 Å². The molecule has 0 aliphatic carbocycles. The Morgan fingerprint density at radius 3 is 2.85 bits per heavy atom. The molecule has 1 aromatic carbocycles. The van der Waals surface area contributed by atoms with Gasteiger partial charge in [-0.1, -0.05) is 15.9 Å². The maximum absolute atomic E-state index is 10.4. The monoisotopic (exact) mass is 412 g/mol. The number of aromatic nitrogens is 3. The average molecular weight is 413 g/mol. The molecule has 6 heteroatoms. The highest BCUT2D eigenvalue weighted by atomic mass is 79.9. The van der Waals surface area contributed by atoms with Crippen LogP contribution in [0, 0.1) is 6.92 Å². The summed E-state index contributed by atoms with van der Waals surface area (Å²) in [4.78, 5) is 16.4. The van der Waals surface area contributed by atoms with Crippen LogP contribution in [0.1, 0.15) is 30.0 Å². The zero-order valence-electron chi connectivity index (χ0n) is 14.9. The number of benzene rings is 1. The Bertz CT molecular complexity index is 952. The van der Waals surface area contributed by atoms with Gasteiger partial charge in [0, 0.05) is 28.7 Å². The van der Waals surface area contributed by atoms with Gasteiger partial charge < -0.3 is 10.0 Å². The molecule has 2 aromatic heterocycles. The van der Waals surface area contributed by atoms with Crippen molar-refractivity contribution in [2.45, 2.75) is 25.7 Å². The third-order valence-corrected chi connectivity index (χ3v) is 5.46. The lowest BCUT2D eigenvalue weighted by molar-refractivity contribution is 0.248. The molecule has 1 atom stereocenters. The largest absolute Gasteiger partial charge is 0.507 e. The number of likely N-dealkylation sites (tertiary alicyclic amines) is 1. The number of nitrogens with zero attached hydrogens (tertiary/aromatic N) is 4. The number of rotatable bonds is 2. The van der Waals surface area contributed by atoms with E-state index >= 15 is 0 Å². The highest BCUT2D eigenvalue weighted by Gasteiger charge is 2.21. The molecule has 0 saturated carbocycles. The van der Waals surface area contributed by atoms with Gasteiger partial charge in [0.2, 0.25) is 0 Å². The Balaban J connectivity index is 1.77. The summed E-state index contributed by atoms with van der Waals surface area (Å²) >= 11 is 3.41. The van der Waals surface area contributed by atoms with Gasteiger partial charge in [-0.2, -0.15) is 0 Å². The van der Waals surface area contributed by atoms with Crippen LogP contribution in [0.5, 0.6) is 5.75 Å². The number of halogens is 1. The molecule has 3 aromatic rings. The normalized spacial score (nSPS) is 18.3. The Hall–Kier alpha value is -2.05. The molecular formula is C20H21BrN4O. The van der Waals surface area contributed by atoms with Crippen molar-refractivity contribution in [2.24, 2.45) is 0 Å². The second kappa shape index (κ2) is 6.93. The van der Waals surface area contributed by atoms with E-state index in [0.29, 0.717) is 17.3 Å². The number of hydrogen-bond acceptors (Lipinski definition) is 5. The number of pyridine rings is 1. The molecule has 1 N–H and O–H groups in total. The maximum atomic E-state index is 10.4. The number of phenolic OH excluding ortho intramolecular Hbond substituents is 1. The highest BCUT2D eigenvalue weighted by molar-refractivity contribution is 9.10. The molecule has 0 amide bonds. The standard InChI is InChI=1S/C20H21BrN4O/c1-12-8-14(21)9-18(26)19(12)15-5-6-16-20(23-15)24-17(10-22-16)13-4-3-7-25(2)11-13/h5-6,8-10,13,26H,3-4,7,11H2,1-2H3. The molecule has 1 fully saturated rings. The van der Waals surface area contributed by atoms with Gasteiger partial charge in [-0.05, 0) is 63.2 Å². The first-order chi connectivity index (χ1) is 12.5. The van der Waals surface area contributed by atoms with Crippen LogP contribution in [-0.2, 0) is 0 Å². The summed E-state index contributed by atoms with van der Waals surface area (Å²) in [5.41, 5.74) is 4.82. The first-order valence-electron chi connectivity index (χ1n) is 8.83.